The molecule has 11 heteroatoms. The molecule has 0 saturated heterocycles. The topological polar surface area (TPSA) is 137 Å². The van der Waals surface area contributed by atoms with E-state index in [0.717, 1.165) is 29.8 Å². The Hall–Kier alpha value is -2.50. The van der Waals surface area contributed by atoms with Crippen LogP contribution in [-0.4, -0.2) is 33.8 Å². The standard InChI is InChI=1S/C26H32IN4O5P/c1-19(2)16-31-17-22(15-29-31)12-20-5-7-21(8-6-20)13-23-14-26(36-30-23)24-4-3-10-27(11-9-25(24)28)18-35-37(32,33)34/h3-10,14-15,17,19H,11-13,16,18,28H2,1-2H3,(H2,32,33,34)/b10-3-,24-4+,25-9-. The van der Waals surface area contributed by atoms with Crippen molar-refractivity contribution >= 4 is 33.2 Å². The Bertz CT molecular complexity index is 1340. The molecule has 0 saturated carbocycles. The number of hydrogen-bond acceptors (Lipinski definition) is 6. The molecular weight excluding hydrogens is 606 g/mol. The number of nitrogens with two attached hydrogens (primary N) is 1. The number of phosphoric acid groups is 1. The minimum atomic E-state index is -4.47. The predicted octanol–water partition coefficient (Wildman–Crippen LogP) is 5.04. The van der Waals surface area contributed by atoms with E-state index in [0.29, 0.717) is 28.2 Å². The van der Waals surface area contributed by atoms with E-state index in [1.165, 1.54) is 11.1 Å². The molecule has 0 bridgehead atoms. The van der Waals surface area contributed by atoms with Gasteiger partial charge in [0.1, 0.15) is 0 Å². The van der Waals surface area contributed by atoms with Crippen LogP contribution >= 0.6 is 27.6 Å². The molecule has 4 rings (SSSR count). The molecular formula is C26H32IN4O5P. The summed E-state index contributed by atoms with van der Waals surface area (Å²) in [5.41, 5.74) is 11.9. The van der Waals surface area contributed by atoms with Crippen molar-refractivity contribution in [1.29, 1.82) is 0 Å². The van der Waals surface area contributed by atoms with Crippen LogP contribution in [0.3, 0.4) is 0 Å². The van der Waals surface area contributed by atoms with E-state index in [1.54, 1.807) is 0 Å². The summed E-state index contributed by atoms with van der Waals surface area (Å²) in [4.78, 5) is 17.9. The fourth-order valence-corrected chi connectivity index (χ4v) is 8.83. The molecule has 4 N–H and O–H groups in total. The predicted molar refractivity (Wildman–Crippen MR) is 152 cm³/mol. The van der Waals surface area contributed by atoms with Gasteiger partial charge in [-0.25, -0.2) is 0 Å². The second-order valence-corrected chi connectivity index (χ2v) is 15.6. The van der Waals surface area contributed by atoms with Gasteiger partial charge in [-0.1, -0.05) is 13.8 Å². The van der Waals surface area contributed by atoms with Crippen LogP contribution in [0.5, 0.6) is 0 Å². The summed E-state index contributed by atoms with van der Waals surface area (Å²) in [6, 6.07) is 10.4. The fraction of sp³-hybridized carbons (Fsp3) is 0.308. The summed E-state index contributed by atoms with van der Waals surface area (Å²) in [7, 11) is -4.47. The van der Waals surface area contributed by atoms with Crippen molar-refractivity contribution in [2.75, 3.05) is 9.04 Å². The molecule has 198 valence electrons. The van der Waals surface area contributed by atoms with E-state index < -0.39 is 27.6 Å². The van der Waals surface area contributed by atoms with Crippen LogP contribution < -0.4 is 5.73 Å². The van der Waals surface area contributed by atoms with Gasteiger partial charge in [0.2, 0.25) is 0 Å². The van der Waals surface area contributed by atoms with Gasteiger partial charge < -0.3 is 0 Å². The number of nitrogens with zero attached hydrogens (tertiary/aromatic N) is 3. The third kappa shape index (κ3) is 8.51. The molecule has 0 amide bonds. The summed E-state index contributed by atoms with van der Waals surface area (Å²) < 4.78 is 25.9. The van der Waals surface area contributed by atoms with Crippen molar-refractivity contribution in [3.05, 3.63) is 98.9 Å². The second-order valence-electron chi connectivity index (χ2n) is 9.26. The van der Waals surface area contributed by atoms with Crippen molar-refractivity contribution in [1.82, 2.24) is 14.9 Å². The van der Waals surface area contributed by atoms with Crippen LogP contribution in [0.2, 0.25) is 0 Å². The Labute approximate surface area is 223 Å². The molecule has 2 aromatic heterocycles. The molecule has 1 aromatic carbocycles. The summed E-state index contributed by atoms with van der Waals surface area (Å²) in [6.07, 6.45) is 11.1. The quantitative estimate of drug-likeness (QED) is 0.160. The zero-order valence-electron chi connectivity index (χ0n) is 20.8. The smallest absolute Gasteiger partial charge is 0.0525 e. The first-order valence-corrected chi connectivity index (χ1v) is 17.7. The monoisotopic (exact) mass is 638 g/mol. The van der Waals surface area contributed by atoms with E-state index in [4.69, 9.17) is 20.0 Å². The molecule has 3 heterocycles. The summed E-state index contributed by atoms with van der Waals surface area (Å²) in [5.74, 6) is 1.14. The SMILES string of the molecule is CC(C)Cn1cc(Cc2ccc(Cc3cc(C4=C/C=C\I(COP(=O)(O)O)C\C=C\4N)on3)cc2)cn1. The van der Waals surface area contributed by atoms with Crippen molar-refractivity contribution in [2.45, 2.75) is 33.2 Å². The van der Waals surface area contributed by atoms with E-state index in [2.05, 4.69) is 59.1 Å². The first-order valence-electron chi connectivity index (χ1n) is 11.8. The van der Waals surface area contributed by atoms with Gasteiger partial charge in [0, 0.05) is 19.2 Å². The van der Waals surface area contributed by atoms with Crippen LogP contribution in [0.4, 0.5) is 0 Å². The van der Waals surface area contributed by atoms with Gasteiger partial charge in [0.25, 0.3) is 0 Å². The Balaban J connectivity index is 1.37. The summed E-state index contributed by atoms with van der Waals surface area (Å²) in [6.45, 7) is 5.29. The second kappa shape index (κ2) is 12.4. The number of alkyl halides is 2. The fourth-order valence-electron chi connectivity index (χ4n) is 3.82. The van der Waals surface area contributed by atoms with Gasteiger partial charge in [-0.2, -0.15) is 5.10 Å². The van der Waals surface area contributed by atoms with Crippen LogP contribution in [0, 0.1) is 5.92 Å². The van der Waals surface area contributed by atoms with E-state index >= 15 is 0 Å². The zero-order valence-corrected chi connectivity index (χ0v) is 23.9. The number of aromatic nitrogens is 3. The molecule has 0 aliphatic carbocycles. The number of allylic oxidation sites excluding steroid dienone is 4. The zero-order chi connectivity index (χ0) is 26.4. The minimum Gasteiger partial charge on any atom is -0.181 e. The Morgan fingerprint density at radius 2 is 1.92 bits per heavy atom. The Kier molecular flexibility index (Phi) is 9.20. The van der Waals surface area contributed by atoms with E-state index in [9.17, 15) is 4.57 Å². The first kappa shape index (κ1) is 27.5. The normalized spacial score (nSPS) is 19.1. The molecule has 0 atom stereocenters. The van der Waals surface area contributed by atoms with E-state index in [-0.39, 0.29) is 4.61 Å². The maximum atomic E-state index is 11.0. The minimum absolute atomic E-state index is 0.0602. The maximum absolute atomic E-state index is 11.0. The number of hydrogen-bond donors (Lipinski definition) is 3. The van der Waals surface area contributed by atoms with Gasteiger partial charge in [0.05, 0.1) is 6.20 Å². The average Bonchev–Trinajstić information content (AvgIpc) is 3.46. The third-order valence-corrected chi connectivity index (χ3v) is 10.6. The number of halogens is 1. The molecule has 1 aliphatic rings. The molecule has 9 nitrogen and oxygen atoms in total. The van der Waals surface area contributed by atoms with Crippen LogP contribution in [0.25, 0.3) is 5.57 Å². The van der Waals surface area contributed by atoms with Gasteiger partial charge >= 0.3 is 164 Å². The van der Waals surface area contributed by atoms with Gasteiger partial charge in [0.15, 0.2) is 0 Å². The van der Waals surface area contributed by atoms with Crippen molar-refractivity contribution in [2.24, 2.45) is 11.7 Å². The average molecular weight is 638 g/mol. The Morgan fingerprint density at radius 1 is 1.19 bits per heavy atom. The number of phosphoric ester groups is 1. The molecule has 0 unspecified atom stereocenters. The molecule has 0 fully saturated rings. The van der Waals surface area contributed by atoms with Gasteiger partial charge in [-0.15, -0.1) is 0 Å². The van der Waals surface area contributed by atoms with Crippen LogP contribution in [0.15, 0.2) is 75.3 Å². The maximum Gasteiger partial charge on any atom is 0.0525 e. The molecule has 37 heavy (non-hydrogen) atoms. The Morgan fingerprint density at radius 3 is 2.62 bits per heavy atom. The third-order valence-electron chi connectivity index (χ3n) is 5.56. The number of rotatable bonds is 10. The van der Waals surface area contributed by atoms with Gasteiger partial charge in [-0.3, -0.25) is 4.68 Å². The summed E-state index contributed by atoms with van der Waals surface area (Å²) >= 11 is -1.87. The molecule has 0 spiro atoms. The number of benzene rings is 1. The van der Waals surface area contributed by atoms with Crippen LogP contribution in [-0.2, 0) is 28.5 Å². The molecule has 3 aromatic rings. The van der Waals surface area contributed by atoms with Crippen LogP contribution in [0.1, 0.15) is 42.0 Å². The van der Waals surface area contributed by atoms with Crippen molar-refractivity contribution in [3.63, 3.8) is 0 Å². The first-order chi connectivity index (χ1) is 17.6. The molecule has 0 radical (unpaired) electrons. The summed E-state index contributed by atoms with van der Waals surface area (Å²) in [5, 5.41) is 8.68. The van der Waals surface area contributed by atoms with Crippen molar-refractivity contribution in [3.8, 4) is 0 Å². The van der Waals surface area contributed by atoms with E-state index in [1.807, 2.05) is 39.3 Å². The molecule has 1 aliphatic heterocycles. The largest absolute Gasteiger partial charge is 0.181 e. The van der Waals surface area contributed by atoms with Gasteiger partial charge in [-0.05, 0) is 11.5 Å². The van der Waals surface area contributed by atoms with Crippen molar-refractivity contribution < 1.29 is 23.4 Å².